The number of ether oxygens (including phenoxy) is 1. The van der Waals surface area contributed by atoms with Crippen LogP contribution in [0.1, 0.15) is 19.4 Å². The Kier molecular flexibility index (Phi) is 4.43. The summed E-state index contributed by atoms with van der Waals surface area (Å²) in [5.41, 5.74) is 1.64. The summed E-state index contributed by atoms with van der Waals surface area (Å²) in [4.78, 5) is 0. The second-order valence-electron chi connectivity index (χ2n) is 3.51. The molecule has 0 aliphatic carbocycles. The third kappa shape index (κ3) is 3.98. The van der Waals surface area contributed by atoms with Crippen LogP contribution in [0.3, 0.4) is 0 Å². The van der Waals surface area contributed by atoms with Crippen molar-refractivity contribution in [3.63, 3.8) is 0 Å². The molecule has 0 aliphatic heterocycles. The molecule has 0 saturated carbocycles. The second-order valence-corrected chi connectivity index (χ2v) is 3.51. The normalized spacial score (nSPS) is 14.0. The summed E-state index contributed by atoms with van der Waals surface area (Å²) in [6.45, 7) is 0.662. The van der Waals surface area contributed by atoms with Crippen LogP contribution in [0.5, 0.6) is 5.75 Å². The molecule has 1 rings (SSSR count). The van der Waals surface area contributed by atoms with Gasteiger partial charge < -0.3 is 9.84 Å². The Hall–Kier alpha value is -1.42. The molecule has 0 saturated heterocycles. The highest BCUT2D eigenvalue weighted by molar-refractivity contribution is 5.54. The van der Waals surface area contributed by atoms with Crippen LogP contribution in [-0.4, -0.2) is 17.8 Å². The van der Waals surface area contributed by atoms with E-state index in [-0.39, 0.29) is 5.75 Å². The molecule has 4 heteroatoms. The lowest BCUT2D eigenvalue weighted by molar-refractivity contribution is -0.0498. The Labute approximate surface area is 93.2 Å². The molecule has 0 bridgehead atoms. The van der Waals surface area contributed by atoms with Crippen LogP contribution in [0.2, 0.25) is 0 Å². The largest absolute Gasteiger partial charge is 0.435 e. The zero-order valence-corrected chi connectivity index (χ0v) is 9.15. The summed E-state index contributed by atoms with van der Waals surface area (Å²) in [6, 6.07) is 6.24. The first-order valence-electron chi connectivity index (χ1n) is 4.90. The fourth-order valence-corrected chi connectivity index (χ4v) is 1.13. The van der Waals surface area contributed by atoms with Gasteiger partial charge >= 0.3 is 6.61 Å². The van der Waals surface area contributed by atoms with Crippen molar-refractivity contribution in [2.75, 3.05) is 0 Å². The summed E-state index contributed by atoms with van der Waals surface area (Å²) < 4.78 is 28.0. The maximum absolute atomic E-state index is 11.9. The Morgan fingerprint density at radius 2 is 1.88 bits per heavy atom. The molecule has 16 heavy (non-hydrogen) atoms. The number of alkyl halides is 2. The van der Waals surface area contributed by atoms with E-state index in [1.54, 1.807) is 32.1 Å². The quantitative estimate of drug-likeness (QED) is 0.858. The number of benzene rings is 1. The molecular formula is C12H14F2O2. The lowest BCUT2D eigenvalue weighted by atomic mass is 10.1. The van der Waals surface area contributed by atoms with Crippen molar-refractivity contribution in [2.45, 2.75) is 26.6 Å². The number of rotatable bonds is 4. The van der Waals surface area contributed by atoms with Crippen molar-refractivity contribution in [3.8, 4) is 5.75 Å². The predicted molar refractivity (Wildman–Crippen MR) is 58.4 cm³/mol. The van der Waals surface area contributed by atoms with Crippen LogP contribution >= 0.6 is 0 Å². The van der Waals surface area contributed by atoms with Crippen LogP contribution in [0.25, 0.3) is 6.08 Å². The highest BCUT2D eigenvalue weighted by Crippen LogP contribution is 2.17. The molecule has 1 atom stereocenters. The maximum atomic E-state index is 11.9. The Morgan fingerprint density at radius 3 is 2.31 bits per heavy atom. The van der Waals surface area contributed by atoms with Gasteiger partial charge in [0.05, 0.1) is 6.10 Å². The third-order valence-corrected chi connectivity index (χ3v) is 2.16. The van der Waals surface area contributed by atoms with Gasteiger partial charge in [-0.25, -0.2) is 0 Å². The predicted octanol–water partition coefficient (Wildman–Crippen LogP) is 3.07. The molecule has 0 spiro atoms. The summed E-state index contributed by atoms with van der Waals surface area (Å²) in [7, 11) is 0. The van der Waals surface area contributed by atoms with Gasteiger partial charge in [0.25, 0.3) is 0 Å². The van der Waals surface area contributed by atoms with E-state index in [0.717, 1.165) is 11.1 Å². The summed E-state index contributed by atoms with van der Waals surface area (Å²) in [5, 5.41) is 9.26. The van der Waals surface area contributed by atoms with E-state index in [2.05, 4.69) is 4.74 Å². The topological polar surface area (TPSA) is 29.5 Å². The van der Waals surface area contributed by atoms with Crippen molar-refractivity contribution >= 4 is 6.08 Å². The van der Waals surface area contributed by atoms with E-state index in [0.29, 0.717) is 0 Å². The molecule has 0 heterocycles. The zero-order valence-electron chi connectivity index (χ0n) is 9.15. The Morgan fingerprint density at radius 1 is 1.31 bits per heavy atom. The summed E-state index contributed by atoms with van der Waals surface area (Å²) in [5.74, 6) is 0.127. The monoisotopic (exact) mass is 228 g/mol. The summed E-state index contributed by atoms with van der Waals surface area (Å²) >= 11 is 0. The first-order chi connectivity index (χ1) is 7.49. The van der Waals surface area contributed by atoms with E-state index >= 15 is 0 Å². The van der Waals surface area contributed by atoms with Gasteiger partial charge in [-0.3, -0.25) is 0 Å². The first kappa shape index (κ1) is 12.6. The highest BCUT2D eigenvalue weighted by atomic mass is 19.3. The molecule has 1 unspecified atom stereocenters. The molecule has 88 valence electrons. The molecule has 1 N–H and O–H groups in total. The summed E-state index contributed by atoms with van der Waals surface area (Å²) in [6.07, 6.45) is 1.27. The second kappa shape index (κ2) is 5.61. The van der Waals surface area contributed by atoms with Gasteiger partial charge in [-0.1, -0.05) is 18.2 Å². The van der Waals surface area contributed by atoms with Crippen molar-refractivity contribution < 1.29 is 18.6 Å². The lowest BCUT2D eigenvalue weighted by Gasteiger charge is -2.06. The van der Waals surface area contributed by atoms with E-state index in [1.807, 2.05) is 0 Å². The molecule has 0 amide bonds. The molecule has 0 aromatic heterocycles. The van der Waals surface area contributed by atoms with Gasteiger partial charge in [0.2, 0.25) is 0 Å². The maximum Gasteiger partial charge on any atom is 0.387 e. The van der Waals surface area contributed by atoms with E-state index in [4.69, 9.17) is 0 Å². The number of aliphatic hydroxyl groups excluding tert-OH is 1. The third-order valence-electron chi connectivity index (χ3n) is 2.16. The number of hydrogen-bond acceptors (Lipinski definition) is 2. The van der Waals surface area contributed by atoms with E-state index < -0.39 is 12.7 Å². The SMILES string of the molecule is C/C(=C\c1ccc(OC(F)F)cc1)C(C)O. The molecule has 2 nitrogen and oxygen atoms in total. The smallest absolute Gasteiger partial charge is 0.387 e. The van der Waals surface area contributed by atoms with Crippen molar-refractivity contribution in [1.29, 1.82) is 0 Å². The van der Waals surface area contributed by atoms with Gasteiger partial charge in [0.1, 0.15) is 5.75 Å². The van der Waals surface area contributed by atoms with Gasteiger partial charge in [-0.05, 0) is 37.1 Å². The average Bonchev–Trinajstić information content (AvgIpc) is 2.20. The fraction of sp³-hybridized carbons (Fsp3) is 0.333. The number of aliphatic hydroxyl groups is 1. The van der Waals surface area contributed by atoms with E-state index in [1.165, 1.54) is 12.1 Å². The minimum atomic E-state index is -2.81. The average molecular weight is 228 g/mol. The number of hydrogen-bond donors (Lipinski definition) is 1. The standard InChI is InChI=1S/C12H14F2O2/c1-8(9(2)15)7-10-3-5-11(6-4-10)16-12(13)14/h3-7,9,12,15H,1-2H3/b8-7+. The fourth-order valence-electron chi connectivity index (χ4n) is 1.13. The molecule has 0 aliphatic rings. The molecule has 0 radical (unpaired) electrons. The Balaban J connectivity index is 2.75. The van der Waals surface area contributed by atoms with E-state index in [9.17, 15) is 13.9 Å². The minimum Gasteiger partial charge on any atom is -0.435 e. The van der Waals surface area contributed by atoms with Gasteiger partial charge in [-0.15, -0.1) is 0 Å². The van der Waals surface area contributed by atoms with Gasteiger partial charge in [-0.2, -0.15) is 8.78 Å². The first-order valence-corrected chi connectivity index (χ1v) is 4.90. The van der Waals surface area contributed by atoms with Crippen molar-refractivity contribution in [2.24, 2.45) is 0 Å². The van der Waals surface area contributed by atoms with Gasteiger partial charge in [0.15, 0.2) is 0 Å². The van der Waals surface area contributed by atoms with Crippen LogP contribution in [-0.2, 0) is 0 Å². The molecule has 0 fully saturated rings. The van der Waals surface area contributed by atoms with Crippen LogP contribution < -0.4 is 4.74 Å². The van der Waals surface area contributed by atoms with Crippen LogP contribution in [0, 0.1) is 0 Å². The lowest BCUT2D eigenvalue weighted by Crippen LogP contribution is -2.02. The number of halogens is 2. The Bertz CT molecular complexity index is 356. The molecule has 1 aromatic rings. The van der Waals surface area contributed by atoms with Crippen LogP contribution in [0.4, 0.5) is 8.78 Å². The van der Waals surface area contributed by atoms with Crippen LogP contribution in [0.15, 0.2) is 29.8 Å². The minimum absolute atomic E-state index is 0.127. The van der Waals surface area contributed by atoms with Gasteiger partial charge in [0, 0.05) is 0 Å². The molecule has 1 aromatic carbocycles. The zero-order chi connectivity index (χ0) is 12.1. The highest BCUT2D eigenvalue weighted by Gasteiger charge is 2.03. The molecular weight excluding hydrogens is 214 g/mol. The van der Waals surface area contributed by atoms with Crippen molar-refractivity contribution in [3.05, 3.63) is 35.4 Å². The van der Waals surface area contributed by atoms with Crippen molar-refractivity contribution in [1.82, 2.24) is 0 Å².